The number of hydrogen-bond donors (Lipinski definition) is 0. The second-order valence-corrected chi connectivity index (χ2v) is 6.83. The molecule has 0 bridgehead atoms. The molecule has 0 nitrogen and oxygen atoms in total. The molecule has 0 spiro atoms. The summed E-state index contributed by atoms with van der Waals surface area (Å²) in [5.41, 5.74) is 0.531. The maximum absolute atomic E-state index is 2.38. The highest BCUT2D eigenvalue weighted by Gasteiger charge is 2.08. The van der Waals surface area contributed by atoms with Gasteiger partial charge in [-0.2, -0.15) is 0 Å². The number of hydrogen-bond acceptors (Lipinski definition) is 0. The van der Waals surface area contributed by atoms with Gasteiger partial charge in [0.25, 0.3) is 0 Å². The molecule has 0 N–H and O–H groups in total. The van der Waals surface area contributed by atoms with E-state index in [1.807, 2.05) is 0 Å². The van der Waals surface area contributed by atoms with Gasteiger partial charge in [-0.15, -0.1) is 0 Å². The van der Waals surface area contributed by atoms with E-state index < -0.39 is 0 Å². The Balaban J connectivity index is 3.10. The third kappa shape index (κ3) is 15.7. The Morgan fingerprint density at radius 2 is 1.17 bits per heavy atom. The van der Waals surface area contributed by atoms with Crippen LogP contribution in [0.2, 0.25) is 0 Å². The maximum Gasteiger partial charge on any atom is -0.0351 e. The largest absolute Gasteiger partial charge is 0.0885 e. The van der Waals surface area contributed by atoms with Crippen LogP contribution in [0.5, 0.6) is 0 Å². The Bertz CT molecular complexity index is 183. The number of rotatable bonds is 11. The van der Waals surface area contributed by atoms with Gasteiger partial charge in [-0.25, -0.2) is 0 Å². The average molecular weight is 252 g/mol. The van der Waals surface area contributed by atoms with Gasteiger partial charge in [0.15, 0.2) is 0 Å². The lowest BCUT2D eigenvalue weighted by Crippen LogP contribution is -2.03. The van der Waals surface area contributed by atoms with E-state index in [9.17, 15) is 0 Å². The van der Waals surface area contributed by atoms with E-state index in [0.29, 0.717) is 5.41 Å². The zero-order valence-electron chi connectivity index (χ0n) is 13.4. The summed E-state index contributed by atoms with van der Waals surface area (Å²) in [6.45, 7) is 9.29. The standard InChI is InChI=1S/C18H36/c1-5-6-7-8-9-10-11-12-13-14-15-16-17-18(2,3)4/h8-9H,5-7,10-17H2,1-4H3/b9-8-. The molecule has 0 atom stereocenters. The first-order valence-corrected chi connectivity index (χ1v) is 8.21. The highest BCUT2D eigenvalue weighted by molar-refractivity contribution is 4.81. The van der Waals surface area contributed by atoms with Crippen LogP contribution < -0.4 is 0 Å². The molecule has 0 radical (unpaired) electrons. The van der Waals surface area contributed by atoms with Crippen LogP contribution in [-0.4, -0.2) is 0 Å². The van der Waals surface area contributed by atoms with Crippen molar-refractivity contribution in [2.24, 2.45) is 5.41 Å². The molecule has 0 unspecified atom stereocenters. The predicted molar refractivity (Wildman–Crippen MR) is 85.1 cm³/mol. The van der Waals surface area contributed by atoms with Gasteiger partial charge < -0.3 is 0 Å². The summed E-state index contributed by atoms with van der Waals surface area (Å²) in [7, 11) is 0. The van der Waals surface area contributed by atoms with Crippen molar-refractivity contribution >= 4 is 0 Å². The number of allylic oxidation sites excluding steroid dienone is 2. The minimum atomic E-state index is 0.531. The van der Waals surface area contributed by atoms with Crippen molar-refractivity contribution in [2.45, 2.75) is 98.3 Å². The molecule has 0 amide bonds. The fourth-order valence-electron chi connectivity index (χ4n) is 2.18. The van der Waals surface area contributed by atoms with Crippen LogP contribution in [0.15, 0.2) is 12.2 Å². The summed E-state index contributed by atoms with van der Waals surface area (Å²) in [6, 6.07) is 0. The Hall–Kier alpha value is -0.260. The molecule has 0 aliphatic rings. The van der Waals surface area contributed by atoms with E-state index in [2.05, 4.69) is 39.8 Å². The van der Waals surface area contributed by atoms with E-state index in [0.717, 1.165) is 0 Å². The van der Waals surface area contributed by atoms with Crippen LogP contribution in [0, 0.1) is 5.41 Å². The molecule has 0 heteroatoms. The molecule has 0 aromatic carbocycles. The first-order valence-electron chi connectivity index (χ1n) is 8.21. The average Bonchev–Trinajstić information content (AvgIpc) is 2.29. The van der Waals surface area contributed by atoms with Crippen molar-refractivity contribution in [2.75, 3.05) is 0 Å². The minimum Gasteiger partial charge on any atom is -0.0885 e. The van der Waals surface area contributed by atoms with Crippen molar-refractivity contribution in [3.05, 3.63) is 12.2 Å². The Morgan fingerprint density at radius 3 is 1.72 bits per heavy atom. The molecule has 0 saturated heterocycles. The van der Waals surface area contributed by atoms with Gasteiger partial charge in [-0.1, -0.05) is 84.8 Å². The molecule has 0 saturated carbocycles. The zero-order valence-corrected chi connectivity index (χ0v) is 13.4. The first kappa shape index (κ1) is 17.7. The van der Waals surface area contributed by atoms with Crippen molar-refractivity contribution in [1.82, 2.24) is 0 Å². The molecular formula is C18H36. The quantitative estimate of drug-likeness (QED) is 0.277. The third-order valence-corrected chi connectivity index (χ3v) is 3.44. The monoisotopic (exact) mass is 252 g/mol. The summed E-state index contributed by atoms with van der Waals surface area (Å²) in [6.07, 6.45) is 19.9. The van der Waals surface area contributed by atoms with Gasteiger partial charge in [0.1, 0.15) is 0 Å². The second kappa shape index (κ2) is 11.8. The summed E-state index contributed by atoms with van der Waals surface area (Å²) < 4.78 is 0. The van der Waals surface area contributed by atoms with Crippen LogP contribution in [0.1, 0.15) is 98.3 Å². The summed E-state index contributed by atoms with van der Waals surface area (Å²) in [4.78, 5) is 0. The van der Waals surface area contributed by atoms with Crippen molar-refractivity contribution < 1.29 is 0 Å². The Kier molecular flexibility index (Phi) is 11.6. The lowest BCUT2D eigenvalue weighted by molar-refractivity contribution is 0.356. The normalized spacial score (nSPS) is 12.4. The molecule has 0 aliphatic heterocycles. The lowest BCUT2D eigenvalue weighted by atomic mass is 9.89. The van der Waals surface area contributed by atoms with Crippen LogP contribution in [0.25, 0.3) is 0 Å². The molecular weight excluding hydrogens is 216 g/mol. The first-order chi connectivity index (χ1) is 8.56. The Morgan fingerprint density at radius 1 is 0.667 bits per heavy atom. The van der Waals surface area contributed by atoms with Gasteiger partial charge >= 0.3 is 0 Å². The van der Waals surface area contributed by atoms with Crippen LogP contribution in [0.4, 0.5) is 0 Å². The van der Waals surface area contributed by atoms with E-state index in [-0.39, 0.29) is 0 Å². The molecule has 0 rings (SSSR count). The summed E-state index contributed by atoms with van der Waals surface area (Å²) in [5, 5.41) is 0. The van der Waals surface area contributed by atoms with Crippen molar-refractivity contribution in [1.29, 1.82) is 0 Å². The second-order valence-electron chi connectivity index (χ2n) is 6.83. The summed E-state index contributed by atoms with van der Waals surface area (Å²) >= 11 is 0. The Labute approximate surface area is 116 Å². The minimum absolute atomic E-state index is 0.531. The van der Waals surface area contributed by atoms with E-state index in [1.54, 1.807) is 0 Å². The predicted octanol–water partition coefficient (Wildman–Crippen LogP) is 6.90. The summed E-state index contributed by atoms with van der Waals surface area (Å²) in [5.74, 6) is 0. The van der Waals surface area contributed by atoms with Gasteiger partial charge in [0, 0.05) is 0 Å². The highest BCUT2D eigenvalue weighted by atomic mass is 14.1. The van der Waals surface area contributed by atoms with Gasteiger partial charge in [0.05, 0.1) is 0 Å². The fraction of sp³-hybridized carbons (Fsp3) is 0.889. The SMILES string of the molecule is CCCC/C=C\CCCCCCCCC(C)(C)C. The maximum atomic E-state index is 2.38. The van der Waals surface area contributed by atoms with Gasteiger partial charge in [-0.3, -0.25) is 0 Å². The highest BCUT2D eigenvalue weighted by Crippen LogP contribution is 2.22. The molecule has 108 valence electrons. The number of unbranched alkanes of at least 4 members (excludes halogenated alkanes) is 8. The lowest BCUT2D eigenvalue weighted by Gasteiger charge is -2.17. The van der Waals surface area contributed by atoms with Crippen molar-refractivity contribution in [3.63, 3.8) is 0 Å². The van der Waals surface area contributed by atoms with Crippen LogP contribution in [-0.2, 0) is 0 Å². The molecule has 0 aromatic heterocycles. The topological polar surface area (TPSA) is 0 Å². The van der Waals surface area contributed by atoms with Crippen LogP contribution >= 0.6 is 0 Å². The zero-order chi connectivity index (χ0) is 13.7. The molecule has 0 fully saturated rings. The third-order valence-electron chi connectivity index (χ3n) is 3.44. The van der Waals surface area contributed by atoms with Crippen molar-refractivity contribution in [3.8, 4) is 0 Å². The van der Waals surface area contributed by atoms with Crippen LogP contribution in [0.3, 0.4) is 0 Å². The van der Waals surface area contributed by atoms with E-state index in [1.165, 1.54) is 70.6 Å². The van der Waals surface area contributed by atoms with E-state index in [4.69, 9.17) is 0 Å². The van der Waals surface area contributed by atoms with E-state index >= 15 is 0 Å². The molecule has 0 heterocycles. The molecule has 18 heavy (non-hydrogen) atoms. The molecule has 0 aromatic rings. The smallest absolute Gasteiger partial charge is 0.0351 e. The fourth-order valence-corrected chi connectivity index (χ4v) is 2.18. The molecule has 0 aliphatic carbocycles. The van der Waals surface area contributed by atoms with Gasteiger partial charge in [-0.05, 0) is 31.1 Å². The van der Waals surface area contributed by atoms with Gasteiger partial charge in [0.2, 0.25) is 0 Å².